The second-order valence-electron chi connectivity index (χ2n) is 8.00. The molecule has 2 heterocycles. The van der Waals surface area contributed by atoms with Crippen molar-refractivity contribution in [1.29, 1.82) is 0 Å². The summed E-state index contributed by atoms with van der Waals surface area (Å²) in [5, 5.41) is 2.90. The SMILES string of the molecule is O=C(CNc1ccc(F)c(S(=O)(=O)N2CCOCC2)c1)N1CCN(C(=O)C2CC2)CC1. The van der Waals surface area contributed by atoms with Crippen LogP contribution in [0, 0.1) is 11.7 Å². The Balaban J connectivity index is 1.34. The first kappa shape index (κ1) is 22.0. The van der Waals surface area contributed by atoms with Crippen LogP contribution in [0.3, 0.4) is 0 Å². The van der Waals surface area contributed by atoms with Crippen LogP contribution in [-0.2, 0) is 24.3 Å². The largest absolute Gasteiger partial charge is 0.379 e. The lowest BCUT2D eigenvalue weighted by Gasteiger charge is -2.35. The summed E-state index contributed by atoms with van der Waals surface area (Å²) in [5.74, 6) is -0.629. The van der Waals surface area contributed by atoms with E-state index in [1.165, 1.54) is 16.4 Å². The average Bonchev–Trinajstić information content (AvgIpc) is 3.64. The highest BCUT2D eigenvalue weighted by Crippen LogP contribution is 2.31. The maximum Gasteiger partial charge on any atom is 0.246 e. The van der Waals surface area contributed by atoms with E-state index < -0.39 is 20.7 Å². The smallest absolute Gasteiger partial charge is 0.246 e. The number of morpholine rings is 1. The molecular weight excluding hydrogens is 427 g/mol. The van der Waals surface area contributed by atoms with Crippen molar-refractivity contribution in [2.45, 2.75) is 17.7 Å². The average molecular weight is 455 g/mol. The lowest BCUT2D eigenvalue weighted by Crippen LogP contribution is -2.52. The van der Waals surface area contributed by atoms with Crippen LogP contribution in [0.2, 0.25) is 0 Å². The molecule has 4 rings (SSSR count). The third-order valence-corrected chi connectivity index (χ3v) is 7.75. The summed E-state index contributed by atoms with van der Waals surface area (Å²) in [7, 11) is -3.99. The molecule has 0 bridgehead atoms. The Morgan fingerprint density at radius 3 is 2.32 bits per heavy atom. The van der Waals surface area contributed by atoms with Crippen molar-refractivity contribution in [3.63, 3.8) is 0 Å². The third kappa shape index (κ3) is 4.99. The van der Waals surface area contributed by atoms with E-state index in [-0.39, 0.29) is 50.6 Å². The summed E-state index contributed by atoms with van der Waals surface area (Å²) in [4.78, 5) is 27.7. The maximum absolute atomic E-state index is 14.3. The van der Waals surface area contributed by atoms with Crippen molar-refractivity contribution in [3.05, 3.63) is 24.0 Å². The molecule has 1 aliphatic carbocycles. The number of anilines is 1. The van der Waals surface area contributed by atoms with Crippen LogP contribution in [-0.4, -0.2) is 93.4 Å². The lowest BCUT2D eigenvalue weighted by molar-refractivity contribution is -0.139. The molecule has 2 aliphatic heterocycles. The number of carbonyl (C=O) groups excluding carboxylic acids is 2. The molecule has 1 aromatic carbocycles. The Morgan fingerprint density at radius 1 is 1.03 bits per heavy atom. The van der Waals surface area contributed by atoms with Crippen LogP contribution in [0.1, 0.15) is 12.8 Å². The molecule has 3 fully saturated rings. The quantitative estimate of drug-likeness (QED) is 0.666. The first-order valence-corrected chi connectivity index (χ1v) is 12.0. The predicted molar refractivity (Wildman–Crippen MR) is 110 cm³/mol. The number of hydrogen-bond donors (Lipinski definition) is 1. The van der Waals surface area contributed by atoms with Gasteiger partial charge in [-0.25, -0.2) is 12.8 Å². The van der Waals surface area contributed by atoms with Gasteiger partial charge in [0.1, 0.15) is 10.7 Å². The molecule has 1 N–H and O–H groups in total. The van der Waals surface area contributed by atoms with Gasteiger partial charge < -0.3 is 19.9 Å². The van der Waals surface area contributed by atoms with Crippen LogP contribution >= 0.6 is 0 Å². The summed E-state index contributed by atoms with van der Waals surface area (Å²) in [5.41, 5.74) is 0.351. The molecule has 2 saturated heterocycles. The molecule has 0 aromatic heterocycles. The predicted octanol–water partition coefficient (Wildman–Crippen LogP) is 0.339. The van der Waals surface area contributed by atoms with Crippen LogP contribution in [0.25, 0.3) is 0 Å². The van der Waals surface area contributed by atoms with E-state index in [0.717, 1.165) is 18.9 Å². The Kier molecular flexibility index (Phi) is 6.44. The number of ether oxygens (including phenoxy) is 1. The molecule has 0 unspecified atom stereocenters. The van der Waals surface area contributed by atoms with Crippen molar-refractivity contribution in [2.24, 2.45) is 5.92 Å². The van der Waals surface area contributed by atoms with E-state index >= 15 is 0 Å². The van der Waals surface area contributed by atoms with Gasteiger partial charge in [-0.2, -0.15) is 4.31 Å². The number of sulfonamides is 1. The first-order valence-electron chi connectivity index (χ1n) is 10.5. The number of amides is 2. The zero-order valence-corrected chi connectivity index (χ0v) is 18.1. The molecule has 1 saturated carbocycles. The minimum Gasteiger partial charge on any atom is -0.379 e. The fraction of sp³-hybridized carbons (Fsp3) is 0.600. The number of benzene rings is 1. The normalized spacial score (nSPS) is 20.5. The van der Waals surface area contributed by atoms with E-state index in [2.05, 4.69) is 5.32 Å². The minimum absolute atomic E-state index is 0.0424. The molecule has 1 aromatic rings. The van der Waals surface area contributed by atoms with Crippen molar-refractivity contribution in [2.75, 3.05) is 64.3 Å². The number of halogens is 1. The molecule has 0 spiro atoms. The number of rotatable bonds is 6. The van der Waals surface area contributed by atoms with E-state index in [9.17, 15) is 22.4 Å². The highest BCUT2D eigenvalue weighted by atomic mass is 32.2. The van der Waals surface area contributed by atoms with Gasteiger partial charge in [0.15, 0.2) is 0 Å². The highest BCUT2D eigenvalue weighted by molar-refractivity contribution is 7.89. The maximum atomic E-state index is 14.3. The van der Waals surface area contributed by atoms with Crippen molar-refractivity contribution in [3.8, 4) is 0 Å². The van der Waals surface area contributed by atoms with Gasteiger partial charge in [0, 0.05) is 50.9 Å². The van der Waals surface area contributed by atoms with Gasteiger partial charge in [0.05, 0.1) is 19.8 Å². The third-order valence-electron chi connectivity index (χ3n) is 5.83. The molecule has 11 heteroatoms. The molecule has 2 amide bonds. The van der Waals surface area contributed by atoms with Crippen molar-refractivity contribution < 1.29 is 27.1 Å². The van der Waals surface area contributed by atoms with E-state index in [4.69, 9.17) is 4.74 Å². The van der Waals surface area contributed by atoms with Gasteiger partial charge in [-0.3, -0.25) is 9.59 Å². The minimum atomic E-state index is -3.99. The summed E-state index contributed by atoms with van der Waals surface area (Å²) >= 11 is 0. The standard InChI is InChI=1S/C20H27FN4O5S/c21-17-4-3-16(13-18(17)31(28,29)25-9-11-30-12-10-25)22-14-19(26)23-5-7-24(8-6-23)20(27)15-1-2-15/h3-4,13,15,22H,1-2,5-12,14H2. The first-order chi connectivity index (χ1) is 14.9. The van der Waals surface area contributed by atoms with Crippen LogP contribution in [0.5, 0.6) is 0 Å². The van der Waals surface area contributed by atoms with Crippen LogP contribution in [0.4, 0.5) is 10.1 Å². The Bertz CT molecular complexity index is 939. The van der Waals surface area contributed by atoms with Crippen LogP contribution in [0.15, 0.2) is 23.1 Å². The van der Waals surface area contributed by atoms with Gasteiger partial charge in [0.2, 0.25) is 21.8 Å². The molecule has 3 aliphatic rings. The Labute approximate surface area is 181 Å². The van der Waals surface area contributed by atoms with Gasteiger partial charge in [-0.15, -0.1) is 0 Å². The number of carbonyl (C=O) groups is 2. The summed E-state index contributed by atoms with van der Waals surface area (Å²) in [6.07, 6.45) is 1.92. The van der Waals surface area contributed by atoms with Gasteiger partial charge in [-0.05, 0) is 31.0 Å². The van der Waals surface area contributed by atoms with Gasteiger partial charge in [0.25, 0.3) is 0 Å². The molecular formula is C20H27FN4O5S. The van der Waals surface area contributed by atoms with E-state index in [1.807, 2.05) is 4.90 Å². The Hall–Kier alpha value is -2.24. The summed E-state index contributed by atoms with van der Waals surface area (Å²) < 4.78 is 46.2. The topological polar surface area (TPSA) is 99.3 Å². The second kappa shape index (κ2) is 9.09. The highest BCUT2D eigenvalue weighted by Gasteiger charge is 2.35. The fourth-order valence-corrected chi connectivity index (χ4v) is 5.29. The number of hydrogen-bond acceptors (Lipinski definition) is 6. The van der Waals surface area contributed by atoms with Gasteiger partial charge >= 0.3 is 0 Å². The molecule has 170 valence electrons. The molecule has 0 atom stereocenters. The Morgan fingerprint density at radius 2 is 1.68 bits per heavy atom. The molecule has 0 radical (unpaired) electrons. The number of piperazine rings is 1. The van der Waals surface area contributed by atoms with E-state index in [0.29, 0.717) is 31.9 Å². The number of nitrogens with one attached hydrogen (secondary N) is 1. The summed E-state index contributed by atoms with van der Waals surface area (Å²) in [6, 6.07) is 3.72. The fourth-order valence-electron chi connectivity index (χ4n) is 3.79. The zero-order chi connectivity index (χ0) is 22.0. The van der Waals surface area contributed by atoms with Crippen molar-refractivity contribution >= 4 is 27.5 Å². The molecule has 9 nitrogen and oxygen atoms in total. The number of nitrogens with zero attached hydrogens (tertiary/aromatic N) is 3. The van der Waals surface area contributed by atoms with E-state index in [1.54, 1.807) is 4.90 Å². The second-order valence-corrected chi connectivity index (χ2v) is 9.90. The lowest BCUT2D eigenvalue weighted by atomic mass is 10.2. The monoisotopic (exact) mass is 454 g/mol. The summed E-state index contributed by atoms with van der Waals surface area (Å²) in [6.45, 7) is 2.84. The van der Waals surface area contributed by atoms with Crippen LogP contribution < -0.4 is 5.32 Å². The van der Waals surface area contributed by atoms with Crippen molar-refractivity contribution in [1.82, 2.24) is 14.1 Å². The molecule has 31 heavy (non-hydrogen) atoms. The van der Waals surface area contributed by atoms with Gasteiger partial charge in [-0.1, -0.05) is 0 Å². The zero-order valence-electron chi connectivity index (χ0n) is 17.3.